The van der Waals surface area contributed by atoms with Gasteiger partial charge < -0.3 is 20.7 Å². The standard InChI is InChI=1S/C16H25BrN4O2/c1-12(11-23-3)21-16(18-2)20-9-5-8-19-15(22)13-6-4-7-14(17)10-13/h4,6-7,10,12H,5,8-9,11H2,1-3H3,(H,19,22)(H2,18,20,21). The van der Waals surface area contributed by atoms with Gasteiger partial charge in [0.15, 0.2) is 5.96 Å². The second-order valence-electron chi connectivity index (χ2n) is 5.12. The molecule has 1 aromatic rings. The first-order chi connectivity index (χ1) is 11.1. The van der Waals surface area contributed by atoms with Gasteiger partial charge in [-0.1, -0.05) is 22.0 Å². The monoisotopic (exact) mass is 384 g/mol. The fourth-order valence-electron chi connectivity index (χ4n) is 1.95. The number of halogens is 1. The molecule has 0 saturated carbocycles. The largest absolute Gasteiger partial charge is 0.383 e. The lowest BCUT2D eigenvalue weighted by Crippen LogP contribution is -2.44. The predicted molar refractivity (Wildman–Crippen MR) is 96.9 cm³/mol. The Morgan fingerprint density at radius 3 is 2.74 bits per heavy atom. The average Bonchev–Trinajstić information content (AvgIpc) is 2.53. The third kappa shape index (κ3) is 7.99. The lowest BCUT2D eigenvalue weighted by atomic mass is 10.2. The fraction of sp³-hybridized carbons (Fsp3) is 0.500. The molecule has 3 N–H and O–H groups in total. The van der Waals surface area contributed by atoms with Gasteiger partial charge in [0.2, 0.25) is 0 Å². The van der Waals surface area contributed by atoms with Crippen LogP contribution in [-0.2, 0) is 4.74 Å². The summed E-state index contributed by atoms with van der Waals surface area (Å²) >= 11 is 3.36. The minimum atomic E-state index is -0.0671. The normalized spacial score (nSPS) is 12.6. The second kappa shape index (κ2) is 11.0. The number of aliphatic imine (C=N–C) groups is 1. The Morgan fingerprint density at radius 2 is 2.09 bits per heavy atom. The molecule has 1 atom stereocenters. The van der Waals surface area contributed by atoms with Crippen molar-refractivity contribution < 1.29 is 9.53 Å². The van der Waals surface area contributed by atoms with Gasteiger partial charge in [0.25, 0.3) is 5.91 Å². The SMILES string of the molecule is CN=C(NCCCNC(=O)c1cccc(Br)c1)NC(C)COC. The van der Waals surface area contributed by atoms with Gasteiger partial charge in [-0.15, -0.1) is 0 Å². The molecule has 0 fully saturated rings. The van der Waals surface area contributed by atoms with Crippen molar-refractivity contribution in [2.75, 3.05) is 33.9 Å². The van der Waals surface area contributed by atoms with E-state index in [9.17, 15) is 4.79 Å². The molecule has 128 valence electrons. The molecule has 1 rings (SSSR count). The Morgan fingerprint density at radius 1 is 1.35 bits per heavy atom. The van der Waals surface area contributed by atoms with Crippen LogP contribution in [0, 0.1) is 0 Å². The molecular weight excluding hydrogens is 360 g/mol. The van der Waals surface area contributed by atoms with E-state index in [1.54, 1.807) is 26.3 Å². The summed E-state index contributed by atoms with van der Waals surface area (Å²) in [5.41, 5.74) is 0.651. The van der Waals surface area contributed by atoms with Gasteiger partial charge in [0.05, 0.1) is 6.61 Å². The van der Waals surface area contributed by atoms with Gasteiger partial charge in [0.1, 0.15) is 0 Å². The highest BCUT2D eigenvalue weighted by atomic mass is 79.9. The van der Waals surface area contributed by atoms with Crippen molar-refractivity contribution in [2.45, 2.75) is 19.4 Å². The van der Waals surface area contributed by atoms with Crippen LogP contribution in [-0.4, -0.2) is 51.8 Å². The van der Waals surface area contributed by atoms with Crippen molar-refractivity contribution in [3.63, 3.8) is 0 Å². The van der Waals surface area contributed by atoms with Gasteiger partial charge in [-0.2, -0.15) is 0 Å². The van der Waals surface area contributed by atoms with Crippen LogP contribution < -0.4 is 16.0 Å². The molecule has 0 heterocycles. The van der Waals surface area contributed by atoms with Crippen molar-refractivity contribution in [3.05, 3.63) is 34.3 Å². The number of benzene rings is 1. The minimum Gasteiger partial charge on any atom is -0.383 e. The number of carbonyl (C=O) groups is 1. The highest BCUT2D eigenvalue weighted by Crippen LogP contribution is 2.11. The molecule has 0 aliphatic carbocycles. The molecule has 0 bridgehead atoms. The Bertz CT molecular complexity index is 523. The molecule has 7 heteroatoms. The molecular formula is C16H25BrN4O2. The summed E-state index contributed by atoms with van der Waals surface area (Å²) in [6, 6.07) is 7.52. The molecule has 0 aliphatic heterocycles. The van der Waals surface area contributed by atoms with E-state index in [0.29, 0.717) is 18.7 Å². The van der Waals surface area contributed by atoms with Crippen LogP contribution in [0.1, 0.15) is 23.7 Å². The summed E-state index contributed by atoms with van der Waals surface area (Å²) in [5.74, 6) is 0.662. The maximum absolute atomic E-state index is 12.0. The first-order valence-corrected chi connectivity index (χ1v) is 8.36. The molecule has 1 aromatic carbocycles. The first kappa shape index (κ1) is 19.4. The second-order valence-corrected chi connectivity index (χ2v) is 6.04. The van der Waals surface area contributed by atoms with Crippen LogP contribution in [0.3, 0.4) is 0 Å². The van der Waals surface area contributed by atoms with E-state index in [1.165, 1.54) is 0 Å². The van der Waals surface area contributed by atoms with Crippen molar-refractivity contribution in [1.82, 2.24) is 16.0 Å². The number of guanidine groups is 1. The summed E-state index contributed by atoms with van der Waals surface area (Å²) in [5, 5.41) is 9.33. The summed E-state index contributed by atoms with van der Waals surface area (Å²) < 4.78 is 5.97. The number of nitrogens with one attached hydrogen (secondary N) is 3. The topological polar surface area (TPSA) is 74.8 Å². The predicted octanol–water partition coefficient (Wildman–Crippen LogP) is 1.77. The summed E-state index contributed by atoms with van der Waals surface area (Å²) in [6.07, 6.45) is 0.805. The molecule has 23 heavy (non-hydrogen) atoms. The average molecular weight is 385 g/mol. The molecule has 0 spiro atoms. The van der Waals surface area contributed by atoms with E-state index >= 15 is 0 Å². The zero-order valence-corrected chi connectivity index (χ0v) is 15.4. The van der Waals surface area contributed by atoms with Crippen molar-refractivity contribution in [2.24, 2.45) is 4.99 Å². The van der Waals surface area contributed by atoms with Crippen LogP contribution >= 0.6 is 15.9 Å². The number of ether oxygens (including phenoxy) is 1. The fourth-order valence-corrected chi connectivity index (χ4v) is 2.35. The van der Waals surface area contributed by atoms with E-state index in [2.05, 4.69) is 36.9 Å². The Kier molecular flexibility index (Phi) is 9.31. The van der Waals surface area contributed by atoms with E-state index in [-0.39, 0.29) is 11.9 Å². The number of carbonyl (C=O) groups excluding carboxylic acids is 1. The van der Waals surface area contributed by atoms with E-state index in [0.717, 1.165) is 23.4 Å². The highest BCUT2D eigenvalue weighted by molar-refractivity contribution is 9.10. The molecule has 6 nitrogen and oxygen atoms in total. The maximum Gasteiger partial charge on any atom is 0.251 e. The summed E-state index contributed by atoms with van der Waals surface area (Å²) in [4.78, 5) is 16.1. The number of hydrogen-bond donors (Lipinski definition) is 3. The van der Waals surface area contributed by atoms with Crippen LogP contribution in [0.5, 0.6) is 0 Å². The number of methoxy groups -OCH3 is 1. The molecule has 0 aromatic heterocycles. The van der Waals surface area contributed by atoms with Gasteiger partial charge >= 0.3 is 0 Å². The quantitative estimate of drug-likeness (QED) is 0.362. The Hall–Kier alpha value is -1.60. The Balaban J connectivity index is 2.23. The Labute approximate surface area is 146 Å². The number of hydrogen-bond acceptors (Lipinski definition) is 3. The molecule has 1 unspecified atom stereocenters. The summed E-state index contributed by atoms with van der Waals surface area (Å²) in [6.45, 7) is 3.96. The van der Waals surface area contributed by atoms with Crippen molar-refractivity contribution >= 4 is 27.8 Å². The van der Waals surface area contributed by atoms with Crippen LogP contribution in [0.4, 0.5) is 0 Å². The number of nitrogens with zero attached hydrogens (tertiary/aromatic N) is 1. The van der Waals surface area contributed by atoms with Crippen LogP contribution in [0.25, 0.3) is 0 Å². The smallest absolute Gasteiger partial charge is 0.251 e. The zero-order chi connectivity index (χ0) is 17.1. The first-order valence-electron chi connectivity index (χ1n) is 7.56. The molecule has 0 aliphatic rings. The molecule has 0 saturated heterocycles. The minimum absolute atomic E-state index is 0.0671. The van der Waals surface area contributed by atoms with Gasteiger partial charge in [-0.05, 0) is 31.5 Å². The van der Waals surface area contributed by atoms with E-state index < -0.39 is 0 Å². The lowest BCUT2D eigenvalue weighted by molar-refractivity contribution is 0.0953. The lowest BCUT2D eigenvalue weighted by Gasteiger charge is -2.17. The zero-order valence-electron chi connectivity index (χ0n) is 13.9. The van der Waals surface area contributed by atoms with E-state index in [1.807, 2.05) is 19.1 Å². The third-order valence-corrected chi connectivity index (χ3v) is 3.54. The van der Waals surface area contributed by atoms with Gasteiger partial charge in [-0.3, -0.25) is 9.79 Å². The third-order valence-electron chi connectivity index (χ3n) is 3.04. The van der Waals surface area contributed by atoms with E-state index in [4.69, 9.17) is 4.74 Å². The van der Waals surface area contributed by atoms with Crippen molar-refractivity contribution in [1.29, 1.82) is 0 Å². The maximum atomic E-state index is 12.0. The summed E-state index contributed by atoms with van der Waals surface area (Å²) in [7, 11) is 3.40. The number of amides is 1. The van der Waals surface area contributed by atoms with Crippen molar-refractivity contribution in [3.8, 4) is 0 Å². The van der Waals surface area contributed by atoms with Crippen LogP contribution in [0.15, 0.2) is 33.7 Å². The van der Waals surface area contributed by atoms with Crippen LogP contribution in [0.2, 0.25) is 0 Å². The molecule has 0 radical (unpaired) electrons. The van der Waals surface area contributed by atoms with Gasteiger partial charge in [-0.25, -0.2) is 0 Å². The van der Waals surface area contributed by atoms with Gasteiger partial charge in [0, 0.05) is 43.3 Å². The highest BCUT2D eigenvalue weighted by Gasteiger charge is 2.06. The molecule has 1 amide bonds. The number of rotatable bonds is 8.